The minimum Gasteiger partial charge on any atom is -0.451 e. The number of ether oxygens (including phenoxy) is 1. The van der Waals surface area contributed by atoms with Gasteiger partial charge in [0.2, 0.25) is 0 Å². The number of ketones is 1. The maximum Gasteiger partial charge on any atom is 0.355 e. The highest BCUT2D eigenvalue weighted by atomic mass is 16.5. The Morgan fingerprint density at radius 3 is 2.09 bits per heavy atom. The molecule has 0 aromatic carbocycles. The molecule has 0 unspecified atom stereocenters. The van der Waals surface area contributed by atoms with Gasteiger partial charge in [-0.15, -0.1) is 0 Å². The fourth-order valence-electron chi connectivity index (χ4n) is 2.67. The van der Waals surface area contributed by atoms with Crippen molar-refractivity contribution in [2.45, 2.75) is 47.5 Å². The fraction of sp³-hybridized carbons (Fsp3) is 0.588. The van der Waals surface area contributed by atoms with E-state index in [2.05, 4.69) is 4.98 Å². The first-order chi connectivity index (χ1) is 10.8. The van der Waals surface area contributed by atoms with Gasteiger partial charge in [-0.1, -0.05) is 13.8 Å². The summed E-state index contributed by atoms with van der Waals surface area (Å²) in [5, 5.41) is 0. The molecule has 6 heteroatoms. The van der Waals surface area contributed by atoms with Crippen molar-refractivity contribution in [1.82, 2.24) is 9.88 Å². The number of esters is 1. The molecule has 0 saturated heterocycles. The molecule has 6 nitrogen and oxygen atoms in total. The third-order valence-electron chi connectivity index (χ3n) is 3.66. The van der Waals surface area contributed by atoms with Crippen LogP contribution in [-0.2, 0) is 9.53 Å². The lowest BCUT2D eigenvalue weighted by Gasteiger charge is -2.21. The standard InChI is InChI=1S/C17H26N2O4/c1-6-8-19(9-7-2)14(21)10-23-17(22)16-11(3)15(13(5)20)12(4)18-16/h18H,6-10H2,1-5H3. The number of aryl methyl sites for hydroxylation is 1. The number of nitrogens with one attached hydrogen (secondary N) is 1. The minimum absolute atomic E-state index is 0.108. The average Bonchev–Trinajstić information content (AvgIpc) is 2.79. The SMILES string of the molecule is CCCN(CCC)C(=O)COC(=O)c1[nH]c(C)c(C(C)=O)c1C. The van der Waals surface area contributed by atoms with Crippen LogP contribution in [-0.4, -0.2) is 47.2 Å². The molecule has 0 saturated carbocycles. The van der Waals surface area contributed by atoms with Crippen LogP contribution in [0.15, 0.2) is 0 Å². The molecule has 0 radical (unpaired) electrons. The van der Waals surface area contributed by atoms with Gasteiger partial charge in [0.15, 0.2) is 12.4 Å². The van der Waals surface area contributed by atoms with Crippen molar-refractivity contribution in [2.75, 3.05) is 19.7 Å². The Balaban J connectivity index is 2.75. The Kier molecular flexibility index (Phi) is 7.00. The molecular formula is C17H26N2O4. The van der Waals surface area contributed by atoms with Gasteiger partial charge in [0.1, 0.15) is 5.69 Å². The lowest BCUT2D eigenvalue weighted by atomic mass is 10.1. The van der Waals surface area contributed by atoms with Gasteiger partial charge in [-0.05, 0) is 39.2 Å². The van der Waals surface area contributed by atoms with Gasteiger partial charge >= 0.3 is 5.97 Å². The number of H-pyrrole nitrogens is 1. The van der Waals surface area contributed by atoms with Crippen LogP contribution in [0.5, 0.6) is 0 Å². The number of hydrogen-bond donors (Lipinski definition) is 1. The van der Waals surface area contributed by atoms with E-state index in [4.69, 9.17) is 4.74 Å². The predicted molar refractivity (Wildman–Crippen MR) is 87.7 cm³/mol. The topological polar surface area (TPSA) is 79.5 Å². The van der Waals surface area contributed by atoms with Crippen molar-refractivity contribution in [1.29, 1.82) is 0 Å². The first-order valence-corrected chi connectivity index (χ1v) is 7.98. The van der Waals surface area contributed by atoms with Gasteiger partial charge in [-0.25, -0.2) is 4.79 Å². The Hall–Kier alpha value is -2.11. The van der Waals surface area contributed by atoms with Crippen LogP contribution in [0, 0.1) is 13.8 Å². The molecule has 1 rings (SSSR count). The largest absolute Gasteiger partial charge is 0.451 e. The zero-order valence-electron chi connectivity index (χ0n) is 14.6. The number of rotatable bonds is 8. The quantitative estimate of drug-likeness (QED) is 0.589. The van der Waals surface area contributed by atoms with Crippen molar-refractivity contribution in [3.8, 4) is 0 Å². The molecule has 128 valence electrons. The van der Waals surface area contributed by atoms with Crippen LogP contribution >= 0.6 is 0 Å². The fourth-order valence-corrected chi connectivity index (χ4v) is 2.67. The summed E-state index contributed by atoms with van der Waals surface area (Å²) in [4.78, 5) is 40.4. The molecule has 1 aromatic heterocycles. The number of amides is 1. The first-order valence-electron chi connectivity index (χ1n) is 7.98. The van der Waals surface area contributed by atoms with E-state index < -0.39 is 5.97 Å². The van der Waals surface area contributed by atoms with Crippen LogP contribution < -0.4 is 0 Å². The highest BCUT2D eigenvalue weighted by Crippen LogP contribution is 2.19. The van der Waals surface area contributed by atoms with Crippen molar-refractivity contribution >= 4 is 17.7 Å². The van der Waals surface area contributed by atoms with Crippen LogP contribution in [0.3, 0.4) is 0 Å². The van der Waals surface area contributed by atoms with E-state index in [0.717, 1.165) is 12.8 Å². The van der Waals surface area contributed by atoms with Crippen LogP contribution in [0.4, 0.5) is 0 Å². The summed E-state index contributed by atoms with van der Waals surface area (Å²) in [6.45, 7) is 9.89. The zero-order chi connectivity index (χ0) is 17.6. The third-order valence-corrected chi connectivity index (χ3v) is 3.66. The first kappa shape index (κ1) is 18.9. The van der Waals surface area contributed by atoms with E-state index in [-0.39, 0.29) is 24.0 Å². The highest BCUT2D eigenvalue weighted by molar-refractivity contribution is 6.01. The molecule has 0 aliphatic heterocycles. The summed E-state index contributed by atoms with van der Waals surface area (Å²) in [5.41, 5.74) is 1.93. The highest BCUT2D eigenvalue weighted by Gasteiger charge is 2.22. The maximum atomic E-state index is 12.2. The van der Waals surface area contributed by atoms with Crippen molar-refractivity contribution in [3.05, 3.63) is 22.5 Å². The van der Waals surface area contributed by atoms with Gasteiger partial charge in [0.25, 0.3) is 5.91 Å². The monoisotopic (exact) mass is 322 g/mol. The summed E-state index contributed by atoms with van der Waals surface area (Å²) >= 11 is 0. The number of nitrogens with zero attached hydrogens (tertiary/aromatic N) is 1. The molecule has 0 atom stereocenters. The van der Waals surface area contributed by atoms with Crippen molar-refractivity contribution < 1.29 is 19.1 Å². The third kappa shape index (κ3) is 4.68. The van der Waals surface area contributed by atoms with Gasteiger partial charge < -0.3 is 14.6 Å². The Morgan fingerprint density at radius 1 is 1.09 bits per heavy atom. The van der Waals surface area contributed by atoms with Crippen molar-refractivity contribution in [3.63, 3.8) is 0 Å². The summed E-state index contributed by atoms with van der Waals surface area (Å²) in [6, 6.07) is 0. The molecule has 1 heterocycles. The van der Waals surface area contributed by atoms with E-state index in [1.165, 1.54) is 6.92 Å². The van der Waals surface area contributed by atoms with Gasteiger partial charge in [-0.3, -0.25) is 9.59 Å². The summed E-state index contributed by atoms with van der Waals surface area (Å²) in [5.74, 6) is -0.919. The van der Waals surface area contributed by atoms with E-state index in [0.29, 0.717) is 29.9 Å². The van der Waals surface area contributed by atoms with Gasteiger partial charge in [0, 0.05) is 24.3 Å². The Morgan fingerprint density at radius 2 is 1.65 bits per heavy atom. The van der Waals surface area contributed by atoms with Crippen molar-refractivity contribution in [2.24, 2.45) is 0 Å². The van der Waals surface area contributed by atoms with Gasteiger partial charge in [0.05, 0.1) is 0 Å². The molecule has 0 bridgehead atoms. The molecule has 0 spiro atoms. The van der Waals surface area contributed by atoms with Crippen LogP contribution in [0.25, 0.3) is 0 Å². The van der Waals surface area contributed by atoms with E-state index in [1.54, 1.807) is 18.7 Å². The lowest BCUT2D eigenvalue weighted by molar-refractivity contribution is -0.134. The maximum absolute atomic E-state index is 12.2. The number of aromatic amines is 1. The van der Waals surface area contributed by atoms with E-state index >= 15 is 0 Å². The molecular weight excluding hydrogens is 296 g/mol. The average molecular weight is 322 g/mol. The number of hydrogen-bond acceptors (Lipinski definition) is 4. The summed E-state index contributed by atoms with van der Waals surface area (Å²) < 4.78 is 5.12. The normalized spacial score (nSPS) is 10.5. The minimum atomic E-state index is -0.612. The van der Waals surface area contributed by atoms with E-state index in [9.17, 15) is 14.4 Å². The molecule has 23 heavy (non-hydrogen) atoms. The Labute approximate surface area is 137 Å². The lowest BCUT2D eigenvalue weighted by Crippen LogP contribution is -2.36. The second kappa shape index (κ2) is 8.50. The second-order valence-corrected chi connectivity index (χ2v) is 5.64. The number of carbonyl (C=O) groups is 3. The smallest absolute Gasteiger partial charge is 0.355 e. The number of carbonyl (C=O) groups excluding carboxylic acids is 3. The Bertz CT molecular complexity index is 584. The number of aromatic nitrogens is 1. The summed E-state index contributed by atoms with van der Waals surface area (Å²) in [7, 11) is 0. The van der Waals surface area contributed by atoms with Crippen LogP contribution in [0.2, 0.25) is 0 Å². The van der Waals surface area contributed by atoms with Gasteiger partial charge in [-0.2, -0.15) is 0 Å². The zero-order valence-corrected chi connectivity index (χ0v) is 14.6. The molecule has 1 N–H and O–H groups in total. The molecule has 1 amide bonds. The molecule has 0 aliphatic rings. The van der Waals surface area contributed by atoms with E-state index in [1.807, 2.05) is 13.8 Å². The molecule has 0 aliphatic carbocycles. The summed E-state index contributed by atoms with van der Waals surface area (Å²) in [6.07, 6.45) is 1.72. The molecule has 1 aromatic rings. The predicted octanol–water partition coefficient (Wildman–Crippen LogP) is 2.64. The molecule has 0 fully saturated rings. The van der Waals surface area contributed by atoms with Crippen LogP contribution in [0.1, 0.15) is 65.7 Å². The second-order valence-electron chi connectivity index (χ2n) is 5.64. The number of Topliss-reactive ketones (excluding diaryl/α,β-unsaturated/α-hetero) is 1.